The number of aromatic nitrogens is 4. The molecule has 2 aromatic carbocycles. The molecule has 0 unspecified atom stereocenters. The van der Waals surface area contributed by atoms with E-state index in [1.54, 1.807) is 42.5 Å². The lowest BCUT2D eigenvalue weighted by atomic mass is 10.2. The molecule has 1 aromatic heterocycles. The molecule has 11 heteroatoms. The van der Waals surface area contributed by atoms with E-state index < -0.39 is 5.97 Å². The van der Waals surface area contributed by atoms with E-state index in [1.807, 2.05) is 0 Å². The molecule has 0 spiro atoms. The van der Waals surface area contributed by atoms with Crippen LogP contribution in [0, 0.1) is 0 Å². The Kier molecular flexibility index (Phi) is 5.29. The second-order valence-corrected chi connectivity index (χ2v) is 6.73. The summed E-state index contributed by atoms with van der Waals surface area (Å²) in [6.07, 6.45) is 0. The molecule has 4 rings (SSSR count). The number of ether oxygens (including phenoxy) is 3. The van der Waals surface area contributed by atoms with Gasteiger partial charge in [0, 0.05) is 6.07 Å². The lowest BCUT2D eigenvalue weighted by Crippen LogP contribution is -2.17. The van der Waals surface area contributed by atoms with Gasteiger partial charge in [0.05, 0.1) is 29.8 Å². The highest BCUT2D eigenvalue weighted by Gasteiger charge is 2.18. The fourth-order valence-corrected chi connectivity index (χ4v) is 3.34. The molecule has 0 saturated carbocycles. The maximum Gasteiger partial charge on any atom is 0.339 e. The molecule has 2 heterocycles. The number of nitrogens with one attached hydrogen (secondary N) is 1. The van der Waals surface area contributed by atoms with E-state index >= 15 is 0 Å². The number of thioether (sulfide) groups is 1. The minimum absolute atomic E-state index is 0.0421. The molecular weight excluding hydrogens is 398 g/mol. The Morgan fingerprint density at radius 1 is 1.21 bits per heavy atom. The van der Waals surface area contributed by atoms with Gasteiger partial charge < -0.3 is 19.5 Å². The highest BCUT2D eigenvalue weighted by Crippen LogP contribution is 2.34. The van der Waals surface area contributed by atoms with E-state index in [1.165, 1.54) is 11.8 Å². The van der Waals surface area contributed by atoms with Gasteiger partial charge in [0.25, 0.3) is 0 Å². The van der Waals surface area contributed by atoms with Gasteiger partial charge in [0.15, 0.2) is 11.5 Å². The summed E-state index contributed by atoms with van der Waals surface area (Å²) in [4.78, 5) is 24.2. The summed E-state index contributed by atoms with van der Waals surface area (Å²) in [5.74, 6) is 0.457. The minimum atomic E-state index is -0.527. The van der Waals surface area contributed by atoms with Crippen molar-refractivity contribution in [1.29, 1.82) is 0 Å². The maximum atomic E-state index is 12.4. The van der Waals surface area contributed by atoms with Crippen molar-refractivity contribution in [3.05, 3.63) is 48.0 Å². The van der Waals surface area contributed by atoms with E-state index in [2.05, 4.69) is 20.8 Å². The number of hydrogen-bond acceptors (Lipinski definition) is 9. The smallest absolute Gasteiger partial charge is 0.339 e. The van der Waals surface area contributed by atoms with E-state index in [0.29, 0.717) is 28.0 Å². The second-order valence-electron chi connectivity index (χ2n) is 5.78. The molecule has 1 aliphatic heterocycles. The number of esters is 1. The molecule has 29 heavy (non-hydrogen) atoms. The van der Waals surface area contributed by atoms with Gasteiger partial charge >= 0.3 is 5.97 Å². The molecular formula is C18H15N5O5S. The van der Waals surface area contributed by atoms with Crippen molar-refractivity contribution in [2.75, 3.05) is 25.0 Å². The van der Waals surface area contributed by atoms with E-state index in [-0.39, 0.29) is 24.0 Å². The van der Waals surface area contributed by atoms with Crippen molar-refractivity contribution in [1.82, 2.24) is 20.2 Å². The number of nitrogens with zero attached hydrogens (tertiary/aromatic N) is 4. The highest BCUT2D eigenvalue weighted by molar-refractivity contribution is 7.99. The van der Waals surface area contributed by atoms with Crippen LogP contribution in [0.5, 0.6) is 11.5 Å². The number of anilines is 1. The van der Waals surface area contributed by atoms with Crippen LogP contribution in [0.3, 0.4) is 0 Å². The lowest BCUT2D eigenvalue weighted by Gasteiger charge is -2.09. The molecule has 0 aliphatic carbocycles. The van der Waals surface area contributed by atoms with Crippen molar-refractivity contribution >= 4 is 29.3 Å². The first-order valence-corrected chi connectivity index (χ1v) is 9.42. The van der Waals surface area contributed by atoms with Crippen molar-refractivity contribution in [3.8, 4) is 17.2 Å². The molecule has 0 fully saturated rings. The lowest BCUT2D eigenvalue weighted by molar-refractivity contribution is -0.113. The summed E-state index contributed by atoms with van der Waals surface area (Å²) >= 11 is 1.16. The van der Waals surface area contributed by atoms with E-state index in [0.717, 1.165) is 11.8 Å². The predicted octanol–water partition coefficient (Wildman–Crippen LogP) is 1.91. The van der Waals surface area contributed by atoms with Crippen molar-refractivity contribution < 1.29 is 23.8 Å². The Bertz CT molecular complexity index is 1070. The van der Waals surface area contributed by atoms with Gasteiger partial charge in [-0.05, 0) is 34.7 Å². The minimum Gasteiger partial charge on any atom is -0.465 e. The van der Waals surface area contributed by atoms with Crippen LogP contribution in [-0.2, 0) is 9.53 Å². The van der Waals surface area contributed by atoms with Crippen LogP contribution in [0.4, 0.5) is 5.69 Å². The van der Waals surface area contributed by atoms with Crippen molar-refractivity contribution in [3.63, 3.8) is 0 Å². The fraction of sp³-hybridized carbons (Fsp3) is 0.167. The maximum absolute atomic E-state index is 12.4. The number of hydrogen-bond donors (Lipinski definition) is 1. The van der Waals surface area contributed by atoms with Gasteiger partial charge in [-0.3, -0.25) is 4.79 Å². The normalized spacial score (nSPS) is 11.9. The Balaban J connectivity index is 1.44. The first-order valence-electron chi connectivity index (χ1n) is 8.44. The summed E-state index contributed by atoms with van der Waals surface area (Å²) in [5.41, 5.74) is 1.33. The monoisotopic (exact) mass is 413 g/mol. The molecule has 0 radical (unpaired) electrons. The summed E-state index contributed by atoms with van der Waals surface area (Å²) in [6, 6.07) is 11.9. The highest BCUT2D eigenvalue weighted by atomic mass is 32.2. The molecule has 0 atom stereocenters. The average molecular weight is 413 g/mol. The Labute approximate surface area is 169 Å². The first-order chi connectivity index (χ1) is 14.2. The number of carbonyl (C=O) groups excluding carboxylic acids is 2. The van der Waals surface area contributed by atoms with Crippen molar-refractivity contribution in [2.45, 2.75) is 5.16 Å². The summed E-state index contributed by atoms with van der Waals surface area (Å²) in [7, 11) is 1.28. The molecule has 0 bridgehead atoms. The van der Waals surface area contributed by atoms with Crippen LogP contribution >= 0.6 is 11.8 Å². The zero-order valence-electron chi connectivity index (χ0n) is 15.2. The summed E-state index contributed by atoms with van der Waals surface area (Å²) in [6.45, 7) is 0.170. The number of fused-ring (bicyclic) bond motifs is 1. The molecule has 3 aromatic rings. The SMILES string of the molecule is COC(=O)c1ccccc1NC(=O)CSc1nnnn1-c1ccc2c(c1)OCO2. The van der Waals surface area contributed by atoms with Crippen LogP contribution in [0.1, 0.15) is 10.4 Å². The van der Waals surface area contributed by atoms with Crippen LogP contribution in [0.25, 0.3) is 5.69 Å². The third-order valence-corrected chi connectivity index (χ3v) is 4.90. The molecule has 1 aliphatic rings. The summed E-state index contributed by atoms with van der Waals surface area (Å²) in [5, 5.41) is 14.7. The molecule has 148 valence electrons. The number of para-hydroxylation sites is 1. The standard InChI is InChI=1S/C18H15N5O5S/c1-26-17(25)12-4-2-3-5-13(12)19-16(24)9-29-18-20-21-22-23(18)11-6-7-14-15(8-11)28-10-27-14/h2-8H,9-10H2,1H3,(H,19,24). The Morgan fingerprint density at radius 2 is 2.03 bits per heavy atom. The number of benzene rings is 2. The van der Waals surface area contributed by atoms with E-state index in [9.17, 15) is 9.59 Å². The predicted molar refractivity (Wildman–Crippen MR) is 102 cm³/mol. The van der Waals surface area contributed by atoms with Crippen LogP contribution in [0.15, 0.2) is 47.6 Å². The van der Waals surface area contributed by atoms with E-state index in [4.69, 9.17) is 14.2 Å². The fourth-order valence-electron chi connectivity index (χ4n) is 2.64. The second kappa shape index (κ2) is 8.19. The van der Waals surface area contributed by atoms with Gasteiger partial charge in [-0.2, -0.15) is 4.68 Å². The zero-order valence-corrected chi connectivity index (χ0v) is 16.0. The third kappa shape index (κ3) is 3.99. The Morgan fingerprint density at radius 3 is 2.90 bits per heavy atom. The molecule has 10 nitrogen and oxygen atoms in total. The summed E-state index contributed by atoms with van der Waals surface area (Å²) < 4.78 is 16.9. The number of tetrazole rings is 1. The first kappa shape index (κ1) is 18.7. The van der Waals surface area contributed by atoms with Gasteiger partial charge in [-0.1, -0.05) is 23.9 Å². The molecule has 1 amide bonds. The van der Waals surface area contributed by atoms with Crippen LogP contribution in [0.2, 0.25) is 0 Å². The number of amides is 1. The van der Waals surface area contributed by atoms with Crippen LogP contribution in [-0.4, -0.2) is 51.7 Å². The topological polar surface area (TPSA) is 117 Å². The third-order valence-electron chi connectivity index (χ3n) is 3.98. The Hall–Kier alpha value is -3.60. The quantitative estimate of drug-likeness (QED) is 0.477. The average Bonchev–Trinajstić information content (AvgIpc) is 3.40. The zero-order chi connectivity index (χ0) is 20.2. The molecule has 0 saturated heterocycles. The van der Waals surface area contributed by atoms with Crippen molar-refractivity contribution in [2.24, 2.45) is 0 Å². The van der Waals surface area contributed by atoms with Gasteiger partial charge in [0.1, 0.15) is 0 Å². The number of methoxy groups -OCH3 is 1. The number of rotatable bonds is 6. The largest absolute Gasteiger partial charge is 0.465 e. The van der Waals surface area contributed by atoms with Crippen LogP contribution < -0.4 is 14.8 Å². The van der Waals surface area contributed by atoms with Gasteiger partial charge in [0.2, 0.25) is 17.9 Å². The van der Waals surface area contributed by atoms with Gasteiger partial charge in [-0.15, -0.1) is 5.10 Å². The molecule has 1 N–H and O–H groups in total. The van der Waals surface area contributed by atoms with Gasteiger partial charge in [-0.25, -0.2) is 4.79 Å². The number of carbonyl (C=O) groups is 2.